The van der Waals surface area contributed by atoms with Crippen LogP contribution in [0.3, 0.4) is 0 Å². The minimum absolute atomic E-state index is 0.221. The Morgan fingerprint density at radius 2 is 2.18 bits per heavy atom. The maximum absolute atomic E-state index is 12.0. The van der Waals surface area contributed by atoms with Crippen LogP contribution in [0.15, 0.2) is 23.1 Å². The molecule has 0 saturated heterocycles. The fourth-order valence-electron chi connectivity index (χ4n) is 1.38. The lowest BCUT2D eigenvalue weighted by molar-refractivity contribution is 0.579. The van der Waals surface area contributed by atoms with Crippen molar-refractivity contribution in [3.8, 4) is 12.3 Å². The van der Waals surface area contributed by atoms with Gasteiger partial charge in [0.05, 0.1) is 4.90 Å². The maximum Gasteiger partial charge on any atom is 0.240 e. The number of rotatable bonds is 5. The highest BCUT2D eigenvalue weighted by molar-refractivity contribution is 7.89. The van der Waals surface area contributed by atoms with Crippen molar-refractivity contribution in [2.24, 2.45) is 0 Å². The van der Waals surface area contributed by atoms with Crippen molar-refractivity contribution in [2.45, 2.75) is 24.7 Å². The Hall–Kier alpha value is -1.51. The van der Waals surface area contributed by atoms with Crippen molar-refractivity contribution in [2.75, 3.05) is 12.3 Å². The van der Waals surface area contributed by atoms with Crippen LogP contribution in [0.25, 0.3) is 0 Å². The molecule has 5 heteroatoms. The van der Waals surface area contributed by atoms with E-state index in [1.807, 2.05) is 0 Å². The Balaban J connectivity index is 2.83. The van der Waals surface area contributed by atoms with Crippen molar-refractivity contribution in [3.63, 3.8) is 0 Å². The van der Waals surface area contributed by atoms with E-state index in [1.165, 1.54) is 6.07 Å². The molecule has 4 nitrogen and oxygen atoms in total. The number of hydrogen-bond donors (Lipinski definition) is 2. The number of nitrogen functional groups attached to an aromatic ring is 1. The van der Waals surface area contributed by atoms with Gasteiger partial charge < -0.3 is 5.73 Å². The SMILES string of the molecule is C#CCCCNS(=O)(=O)c1cc(N)ccc1C. The highest BCUT2D eigenvalue weighted by Gasteiger charge is 2.16. The van der Waals surface area contributed by atoms with Gasteiger partial charge in [-0.1, -0.05) is 6.07 Å². The standard InChI is InChI=1S/C12H16N2O2S/c1-3-4-5-8-14-17(15,16)12-9-11(13)7-6-10(12)2/h1,6-7,9,14H,4-5,8,13H2,2H3. The molecule has 1 rings (SSSR count). The van der Waals surface area contributed by atoms with Crippen LogP contribution in [0.4, 0.5) is 5.69 Å². The van der Waals surface area contributed by atoms with Crippen LogP contribution in [0.1, 0.15) is 18.4 Å². The highest BCUT2D eigenvalue weighted by Crippen LogP contribution is 2.17. The van der Waals surface area contributed by atoms with Crippen molar-refractivity contribution >= 4 is 15.7 Å². The molecule has 0 aliphatic rings. The summed E-state index contributed by atoms with van der Waals surface area (Å²) in [5, 5.41) is 0. The largest absolute Gasteiger partial charge is 0.399 e. The van der Waals surface area contributed by atoms with Gasteiger partial charge in [0.1, 0.15) is 0 Å². The zero-order chi connectivity index (χ0) is 12.9. The summed E-state index contributed by atoms with van der Waals surface area (Å²) in [7, 11) is -3.49. The number of hydrogen-bond acceptors (Lipinski definition) is 3. The molecular formula is C12H16N2O2S. The van der Waals surface area contributed by atoms with Gasteiger partial charge in [0.2, 0.25) is 10.0 Å². The monoisotopic (exact) mass is 252 g/mol. The van der Waals surface area contributed by atoms with Crippen LogP contribution in [0.5, 0.6) is 0 Å². The topological polar surface area (TPSA) is 72.2 Å². The van der Waals surface area contributed by atoms with Gasteiger partial charge in [0.25, 0.3) is 0 Å². The van der Waals surface area contributed by atoms with E-state index < -0.39 is 10.0 Å². The fraction of sp³-hybridized carbons (Fsp3) is 0.333. The number of nitrogens with one attached hydrogen (secondary N) is 1. The summed E-state index contributed by atoms with van der Waals surface area (Å²) >= 11 is 0. The number of unbranched alkanes of at least 4 members (excludes halogenated alkanes) is 1. The molecule has 0 amide bonds. The first-order valence-corrected chi connectivity index (χ1v) is 6.75. The average Bonchev–Trinajstić information content (AvgIpc) is 2.28. The summed E-state index contributed by atoms with van der Waals surface area (Å²) in [6.07, 6.45) is 6.27. The molecule has 0 atom stereocenters. The normalized spacial score (nSPS) is 11.1. The fourth-order valence-corrected chi connectivity index (χ4v) is 2.73. The molecule has 0 saturated carbocycles. The molecule has 1 aromatic rings. The molecule has 0 spiro atoms. The van der Waals surface area contributed by atoms with Crippen molar-refractivity contribution in [1.82, 2.24) is 4.72 Å². The summed E-state index contributed by atoms with van der Waals surface area (Å²) < 4.78 is 26.4. The minimum Gasteiger partial charge on any atom is -0.399 e. The zero-order valence-corrected chi connectivity index (χ0v) is 10.5. The molecule has 0 radical (unpaired) electrons. The van der Waals surface area contributed by atoms with Crippen molar-refractivity contribution < 1.29 is 8.42 Å². The van der Waals surface area contributed by atoms with Crippen LogP contribution in [0, 0.1) is 19.3 Å². The highest BCUT2D eigenvalue weighted by atomic mass is 32.2. The van der Waals surface area contributed by atoms with E-state index in [1.54, 1.807) is 19.1 Å². The van der Waals surface area contributed by atoms with Gasteiger partial charge in [-0.2, -0.15) is 0 Å². The number of sulfonamides is 1. The average molecular weight is 252 g/mol. The van der Waals surface area contributed by atoms with Gasteiger partial charge in [-0.05, 0) is 31.0 Å². The quantitative estimate of drug-likeness (QED) is 0.471. The first-order chi connectivity index (χ1) is 7.97. The second-order valence-corrected chi connectivity index (χ2v) is 5.47. The molecule has 92 valence electrons. The number of nitrogens with two attached hydrogens (primary N) is 1. The van der Waals surface area contributed by atoms with Crippen molar-refractivity contribution in [1.29, 1.82) is 0 Å². The third kappa shape index (κ3) is 3.77. The predicted molar refractivity (Wildman–Crippen MR) is 68.8 cm³/mol. The van der Waals surface area contributed by atoms with E-state index in [0.29, 0.717) is 30.6 Å². The van der Waals surface area contributed by atoms with E-state index in [4.69, 9.17) is 12.2 Å². The molecular weight excluding hydrogens is 236 g/mol. The Morgan fingerprint density at radius 1 is 1.47 bits per heavy atom. The molecule has 3 N–H and O–H groups in total. The molecule has 0 aromatic heterocycles. The van der Waals surface area contributed by atoms with Gasteiger partial charge in [0, 0.05) is 18.7 Å². The van der Waals surface area contributed by atoms with E-state index in [-0.39, 0.29) is 4.90 Å². The summed E-state index contributed by atoms with van der Waals surface area (Å²) in [6.45, 7) is 2.07. The molecule has 17 heavy (non-hydrogen) atoms. The lowest BCUT2D eigenvalue weighted by Gasteiger charge is -2.09. The number of anilines is 1. The Labute approximate surface area is 102 Å². The molecule has 0 aliphatic carbocycles. The zero-order valence-electron chi connectivity index (χ0n) is 9.73. The second kappa shape index (κ2) is 5.71. The molecule has 0 fully saturated rings. The Morgan fingerprint density at radius 3 is 2.82 bits per heavy atom. The lowest BCUT2D eigenvalue weighted by Crippen LogP contribution is -2.25. The Kier molecular flexibility index (Phi) is 4.55. The van der Waals surface area contributed by atoms with E-state index in [0.717, 1.165) is 0 Å². The summed E-state index contributed by atoms with van der Waals surface area (Å²) in [5.41, 5.74) is 6.68. The van der Waals surface area contributed by atoms with Gasteiger partial charge in [-0.3, -0.25) is 0 Å². The maximum atomic E-state index is 12.0. The summed E-state index contributed by atoms with van der Waals surface area (Å²) in [4.78, 5) is 0.221. The Bertz CT molecular complexity index is 530. The van der Waals surface area contributed by atoms with Crippen LogP contribution in [-0.2, 0) is 10.0 Å². The minimum atomic E-state index is -3.49. The summed E-state index contributed by atoms with van der Waals surface area (Å²) in [6, 6.07) is 4.82. The van der Waals surface area contributed by atoms with Gasteiger partial charge in [0.15, 0.2) is 0 Å². The third-order valence-corrected chi connectivity index (χ3v) is 3.89. The summed E-state index contributed by atoms with van der Waals surface area (Å²) in [5.74, 6) is 2.46. The number of benzene rings is 1. The second-order valence-electron chi connectivity index (χ2n) is 3.73. The third-order valence-electron chi connectivity index (χ3n) is 2.29. The first-order valence-electron chi connectivity index (χ1n) is 5.26. The smallest absolute Gasteiger partial charge is 0.240 e. The van der Waals surface area contributed by atoms with E-state index in [2.05, 4.69) is 10.6 Å². The van der Waals surface area contributed by atoms with Gasteiger partial charge >= 0.3 is 0 Å². The lowest BCUT2D eigenvalue weighted by atomic mass is 10.2. The van der Waals surface area contributed by atoms with Gasteiger partial charge in [-0.15, -0.1) is 12.3 Å². The van der Waals surface area contributed by atoms with E-state index in [9.17, 15) is 8.42 Å². The molecule has 0 unspecified atom stereocenters. The predicted octanol–water partition coefficient (Wildman–Crippen LogP) is 1.27. The van der Waals surface area contributed by atoms with Crippen LogP contribution < -0.4 is 10.5 Å². The number of aryl methyl sites for hydroxylation is 1. The van der Waals surface area contributed by atoms with Crippen LogP contribution in [-0.4, -0.2) is 15.0 Å². The first kappa shape index (κ1) is 13.6. The van der Waals surface area contributed by atoms with Crippen LogP contribution in [0.2, 0.25) is 0 Å². The van der Waals surface area contributed by atoms with Gasteiger partial charge in [-0.25, -0.2) is 13.1 Å². The van der Waals surface area contributed by atoms with Crippen LogP contribution >= 0.6 is 0 Å². The number of terminal acetylenes is 1. The van der Waals surface area contributed by atoms with Crippen molar-refractivity contribution in [3.05, 3.63) is 23.8 Å². The molecule has 0 aliphatic heterocycles. The molecule has 0 bridgehead atoms. The van der Waals surface area contributed by atoms with E-state index >= 15 is 0 Å². The molecule has 1 aromatic carbocycles. The molecule has 0 heterocycles.